The number of fused-ring (bicyclic) bond motifs is 3. The molecule has 3 fully saturated rings. The molecule has 2 saturated carbocycles. The SMILES string of the molecule is CCC1CC2CCCC(CNC(=O)c3cccc4nc(C(=O)N(C(C)C)C5CCN(C)CC5)cn34)(C1)C2. The molecule has 3 unspecified atom stereocenters. The molecule has 202 valence electrons. The van der Waals surface area contributed by atoms with Crippen molar-refractivity contribution < 1.29 is 9.59 Å². The van der Waals surface area contributed by atoms with Gasteiger partial charge < -0.3 is 15.1 Å². The van der Waals surface area contributed by atoms with Gasteiger partial charge in [0.25, 0.3) is 11.8 Å². The average molecular weight is 508 g/mol. The summed E-state index contributed by atoms with van der Waals surface area (Å²) in [5, 5.41) is 3.30. The average Bonchev–Trinajstić information content (AvgIpc) is 3.33. The molecule has 2 aromatic heterocycles. The van der Waals surface area contributed by atoms with E-state index in [0.717, 1.165) is 44.3 Å². The topological polar surface area (TPSA) is 70.0 Å². The number of imidazole rings is 1. The number of rotatable bonds is 7. The van der Waals surface area contributed by atoms with Crippen LogP contribution in [-0.4, -0.2) is 69.8 Å². The first kappa shape index (κ1) is 26.2. The number of carbonyl (C=O) groups excluding carboxylic acids is 2. The van der Waals surface area contributed by atoms with Gasteiger partial charge in [-0.3, -0.25) is 14.0 Å². The van der Waals surface area contributed by atoms with Gasteiger partial charge >= 0.3 is 0 Å². The van der Waals surface area contributed by atoms with Crippen molar-refractivity contribution in [2.24, 2.45) is 17.3 Å². The Labute approximate surface area is 222 Å². The van der Waals surface area contributed by atoms with Gasteiger partial charge in [0.2, 0.25) is 0 Å². The number of hydrogen-bond acceptors (Lipinski definition) is 4. The van der Waals surface area contributed by atoms with Crippen molar-refractivity contribution in [3.8, 4) is 0 Å². The molecule has 37 heavy (non-hydrogen) atoms. The van der Waals surface area contributed by atoms with Gasteiger partial charge in [-0.2, -0.15) is 0 Å². The van der Waals surface area contributed by atoms with E-state index in [9.17, 15) is 9.59 Å². The maximum atomic E-state index is 13.7. The standard InChI is InChI=1S/C30H45N5O2/c1-5-22-16-23-8-7-13-30(17-22,18-23)20-31-28(36)26-9-6-10-27-32-25(19-34(26)27)29(37)35(21(2)3)24-11-14-33(4)15-12-24/h6,9-10,19,21-24H,5,7-8,11-18,20H2,1-4H3,(H,31,36). The second-order valence-corrected chi connectivity index (χ2v) is 12.5. The van der Waals surface area contributed by atoms with Crippen LogP contribution in [0.1, 0.15) is 99.5 Å². The fraction of sp³-hybridized carbons (Fsp3) is 0.700. The van der Waals surface area contributed by atoms with Gasteiger partial charge in [-0.25, -0.2) is 4.98 Å². The van der Waals surface area contributed by atoms with E-state index in [1.165, 1.54) is 44.9 Å². The van der Waals surface area contributed by atoms with Crippen LogP contribution in [0.25, 0.3) is 5.65 Å². The van der Waals surface area contributed by atoms with Crippen molar-refractivity contribution >= 4 is 17.5 Å². The minimum Gasteiger partial charge on any atom is -0.350 e. The van der Waals surface area contributed by atoms with Crippen LogP contribution in [0.2, 0.25) is 0 Å². The van der Waals surface area contributed by atoms with Crippen LogP contribution in [0.15, 0.2) is 24.4 Å². The lowest BCUT2D eigenvalue weighted by atomic mass is 9.58. The number of nitrogens with zero attached hydrogens (tertiary/aromatic N) is 4. The van der Waals surface area contributed by atoms with Gasteiger partial charge in [0, 0.05) is 24.8 Å². The number of hydrogen-bond donors (Lipinski definition) is 1. The van der Waals surface area contributed by atoms with E-state index < -0.39 is 0 Å². The smallest absolute Gasteiger partial charge is 0.274 e. The highest BCUT2D eigenvalue weighted by molar-refractivity contribution is 5.96. The molecule has 7 nitrogen and oxygen atoms in total. The number of pyridine rings is 1. The summed E-state index contributed by atoms with van der Waals surface area (Å²) in [6, 6.07) is 5.89. The van der Waals surface area contributed by atoms with Crippen LogP contribution in [-0.2, 0) is 0 Å². The van der Waals surface area contributed by atoms with Gasteiger partial charge in [-0.15, -0.1) is 0 Å². The van der Waals surface area contributed by atoms with Crippen LogP contribution in [0, 0.1) is 17.3 Å². The molecule has 1 N–H and O–H groups in total. The molecule has 3 aliphatic rings. The molecule has 2 aliphatic carbocycles. The highest BCUT2D eigenvalue weighted by Gasteiger charge is 2.42. The first-order valence-corrected chi connectivity index (χ1v) is 14.6. The predicted octanol–water partition coefficient (Wildman–Crippen LogP) is 5.01. The Hall–Kier alpha value is -2.41. The number of likely N-dealkylation sites (tertiary alicyclic amines) is 1. The van der Waals surface area contributed by atoms with Crippen molar-refractivity contribution in [1.82, 2.24) is 24.5 Å². The van der Waals surface area contributed by atoms with Gasteiger partial charge in [0.15, 0.2) is 0 Å². The molecule has 2 amide bonds. The van der Waals surface area contributed by atoms with E-state index in [-0.39, 0.29) is 29.3 Å². The highest BCUT2D eigenvalue weighted by Crippen LogP contribution is 2.51. The number of nitrogens with one attached hydrogen (secondary N) is 1. The first-order chi connectivity index (χ1) is 17.8. The Balaban J connectivity index is 1.33. The zero-order valence-electron chi connectivity index (χ0n) is 23.2. The second kappa shape index (κ2) is 10.8. The molecule has 0 aromatic carbocycles. The highest BCUT2D eigenvalue weighted by atomic mass is 16.2. The minimum absolute atomic E-state index is 0.0421. The number of carbonyl (C=O) groups is 2. The van der Waals surface area contributed by atoms with Gasteiger partial charge in [-0.05, 0) is 102 Å². The molecule has 1 aliphatic heterocycles. The molecule has 2 bridgehead atoms. The summed E-state index contributed by atoms with van der Waals surface area (Å²) in [5.74, 6) is 1.49. The maximum absolute atomic E-state index is 13.7. The van der Waals surface area contributed by atoms with Crippen molar-refractivity contribution in [2.75, 3.05) is 26.7 Å². The van der Waals surface area contributed by atoms with Gasteiger partial charge in [0.1, 0.15) is 17.0 Å². The molecular weight excluding hydrogens is 462 g/mol. The van der Waals surface area contributed by atoms with Crippen LogP contribution < -0.4 is 5.32 Å². The largest absolute Gasteiger partial charge is 0.350 e. The summed E-state index contributed by atoms with van der Waals surface area (Å²) < 4.78 is 1.80. The third-order valence-electron chi connectivity index (χ3n) is 9.45. The minimum atomic E-state index is -0.0758. The summed E-state index contributed by atoms with van der Waals surface area (Å²) in [4.78, 5) is 36.1. The number of piperidine rings is 1. The van der Waals surface area contributed by atoms with Crippen molar-refractivity contribution in [1.29, 1.82) is 0 Å². The van der Waals surface area contributed by atoms with E-state index in [2.05, 4.69) is 43.0 Å². The Kier molecular flexibility index (Phi) is 7.62. The summed E-state index contributed by atoms with van der Waals surface area (Å²) in [6.07, 6.45) is 12.6. The second-order valence-electron chi connectivity index (χ2n) is 12.5. The molecule has 1 saturated heterocycles. The Morgan fingerprint density at radius 1 is 1.19 bits per heavy atom. The normalized spacial score (nSPS) is 26.9. The molecule has 3 atom stereocenters. The third-order valence-corrected chi connectivity index (χ3v) is 9.45. The van der Waals surface area contributed by atoms with Crippen molar-refractivity contribution in [3.05, 3.63) is 35.8 Å². The summed E-state index contributed by atoms with van der Waals surface area (Å²) >= 11 is 0. The maximum Gasteiger partial charge on any atom is 0.274 e. The Morgan fingerprint density at radius 2 is 1.97 bits per heavy atom. The molecule has 7 heteroatoms. The lowest BCUT2D eigenvalue weighted by molar-refractivity contribution is 0.0368. The summed E-state index contributed by atoms with van der Waals surface area (Å²) in [6.45, 7) is 9.20. The van der Waals surface area contributed by atoms with Crippen molar-refractivity contribution in [2.45, 2.75) is 90.6 Å². The molecule has 3 heterocycles. The monoisotopic (exact) mass is 507 g/mol. The van der Waals surface area contributed by atoms with E-state index in [4.69, 9.17) is 0 Å². The summed E-state index contributed by atoms with van der Waals surface area (Å²) in [5.41, 5.74) is 1.85. The van der Waals surface area contributed by atoms with Crippen LogP contribution in [0.4, 0.5) is 0 Å². The molecule has 0 spiro atoms. The molecule has 5 rings (SSSR count). The molecule has 2 aromatic rings. The van der Waals surface area contributed by atoms with Gasteiger partial charge in [0.05, 0.1) is 0 Å². The lowest BCUT2D eigenvalue weighted by Crippen LogP contribution is -2.49. The van der Waals surface area contributed by atoms with Crippen LogP contribution >= 0.6 is 0 Å². The first-order valence-electron chi connectivity index (χ1n) is 14.6. The predicted molar refractivity (Wildman–Crippen MR) is 147 cm³/mol. The zero-order valence-corrected chi connectivity index (χ0v) is 23.2. The third kappa shape index (κ3) is 5.43. The van der Waals surface area contributed by atoms with E-state index in [1.54, 1.807) is 10.6 Å². The fourth-order valence-corrected chi connectivity index (χ4v) is 7.56. The van der Waals surface area contributed by atoms with E-state index in [0.29, 0.717) is 17.0 Å². The van der Waals surface area contributed by atoms with E-state index in [1.807, 2.05) is 23.1 Å². The quantitative estimate of drug-likeness (QED) is 0.572. The van der Waals surface area contributed by atoms with Crippen LogP contribution in [0.3, 0.4) is 0 Å². The molecule has 0 radical (unpaired) electrons. The van der Waals surface area contributed by atoms with Crippen LogP contribution in [0.5, 0.6) is 0 Å². The van der Waals surface area contributed by atoms with Crippen molar-refractivity contribution in [3.63, 3.8) is 0 Å². The number of aromatic nitrogens is 2. The van der Waals surface area contributed by atoms with Gasteiger partial charge in [-0.1, -0.05) is 32.3 Å². The van der Waals surface area contributed by atoms with E-state index >= 15 is 0 Å². The number of amides is 2. The zero-order chi connectivity index (χ0) is 26.2. The Bertz CT molecular complexity index is 1120. The lowest BCUT2D eigenvalue weighted by Gasteiger charge is -2.48. The molecular formula is C30H45N5O2. The Morgan fingerprint density at radius 3 is 2.70 bits per heavy atom. The summed E-state index contributed by atoms with van der Waals surface area (Å²) in [7, 11) is 2.13. The fourth-order valence-electron chi connectivity index (χ4n) is 7.56.